The summed E-state index contributed by atoms with van der Waals surface area (Å²) in [6.45, 7) is 3.10. The van der Waals surface area contributed by atoms with E-state index in [1.54, 1.807) is 18.2 Å². The van der Waals surface area contributed by atoms with Crippen LogP contribution in [0.15, 0.2) is 77.3 Å². The van der Waals surface area contributed by atoms with Gasteiger partial charge in [-0.2, -0.15) is 0 Å². The first kappa shape index (κ1) is 20.0. The maximum absolute atomic E-state index is 12.4. The molecule has 1 amide bonds. The lowest BCUT2D eigenvalue weighted by Gasteiger charge is -2.10. The third kappa shape index (κ3) is 5.60. The van der Waals surface area contributed by atoms with E-state index >= 15 is 0 Å². The Morgan fingerprint density at radius 3 is 2.39 bits per heavy atom. The quantitative estimate of drug-likeness (QED) is 0.487. The number of nitrogens with one attached hydrogen (secondary N) is 1. The van der Waals surface area contributed by atoms with Gasteiger partial charge >= 0.3 is 0 Å². The molecule has 0 fully saturated rings. The number of benzene rings is 3. The largest absolute Gasteiger partial charge is 0.493 e. The molecule has 144 valence electrons. The standard InChI is InChI=1S/C23H22BrNO3/c1-2-27-22-13-8-18(16-21(22)24)23(26)25-19-9-11-20(12-10-19)28-15-14-17-6-4-3-5-7-17/h3-13,16H,2,14-15H2,1H3,(H,25,26). The normalized spacial score (nSPS) is 10.4. The van der Waals surface area contributed by atoms with Crippen LogP contribution < -0.4 is 14.8 Å². The highest BCUT2D eigenvalue weighted by Crippen LogP contribution is 2.26. The van der Waals surface area contributed by atoms with Crippen molar-refractivity contribution in [2.75, 3.05) is 18.5 Å². The number of carbonyl (C=O) groups excluding carboxylic acids is 1. The summed E-state index contributed by atoms with van der Waals surface area (Å²) in [5.41, 5.74) is 2.51. The first-order chi connectivity index (χ1) is 13.7. The fraction of sp³-hybridized carbons (Fsp3) is 0.174. The number of anilines is 1. The van der Waals surface area contributed by atoms with E-state index in [1.165, 1.54) is 5.56 Å². The molecule has 0 saturated heterocycles. The molecule has 28 heavy (non-hydrogen) atoms. The van der Waals surface area contributed by atoms with Gasteiger partial charge < -0.3 is 14.8 Å². The third-order valence-electron chi connectivity index (χ3n) is 4.11. The molecule has 0 spiro atoms. The fourth-order valence-corrected chi connectivity index (χ4v) is 3.18. The second-order valence-electron chi connectivity index (χ2n) is 6.14. The van der Waals surface area contributed by atoms with Crippen LogP contribution in [0.3, 0.4) is 0 Å². The van der Waals surface area contributed by atoms with Crippen LogP contribution in [0.2, 0.25) is 0 Å². The lowest BCUT2D eigenvalue weighted by molar-refractivity contribution is 0.102. The van der Waals surface area contributed by atoms with Crippen LogP contribution in [-0.2, 0) is 6.42 Å². The van der Waals surface area contributed by atoms with Gasteiger partial charge in [-0.1, -0.05) is 30.3 Å². The summed E-state index contributed by atoms with van der Waals surface area (Å²) in [6, 6.07) is 22.9. The summed E-state index contributed by atoms with van der Waals surface area (Å²) < 4.78 is 12.0. The van der Waals surface area contributed by atoms with E-state index < -0.39 is 0 Å². The number of carbonyl (C=O) groups is 1. The summed E-state index contributed by atoms with van der Waals surface area (Å²) in [5.74, 6) is 1.32. The molecule has 0 aromatic heterocycles. The Balaban J connectivity index is 1.53. The molecule has 0 bridgehead atoms. The summed E-state index contributed by atoms with van der Waals surface area (Å²) in [5, 5.41) is 2.89. The van der Waals surface area contributed by atoms with Crippen molar-refractivity contribution < 1.29 is 14.3 Å². The van der Waals surface area contributed by atoms with Gasteiger partial charge in [-0.15, -0.1) is 0 Å². The summed E-state index contributed by atoms with van der Waals surface area (Å²) >= 11 is 3.43. The first-order valence-corrected chi connectivity index (χ1v) is 9.95. The molecule has 0 aliphatic carbocycles. The predicted molar refractivity (Wildman–Crippen MR) is 115 cm³/mol. The second-order valence-corrected chi connectivity index (χ2v) is 7.00. The number of hydrogen-bond donors (Lipinski definition) is 1. The fourth-order valence-electron chi connectivity index (χ4n) is 2.68. The van der Waals surface area contributed by atoms with E-state index in [4.69, 9.17) is 9.47 Å². The molecule has 0 aliphatic rings. The van der Waals surface area contributed by atoms with Crippen LogP contribution in [0, 0.1) is 0 Å². The number of rotatable bonds is 8. The Kier molecular flexibility index (Phi) is 7.09. The Hall–Kier alpha value is -2.79. The van der Waals surface area contributed by atoms with Crippen LogP contribution in [-0.4, -0.2) is 19.1 Å². The van der Waals surface area contributed by atoms with Gasteiger partial charge in [0.05, 0.1) is 17.7 Å². The van der Waals surface area contributed by atoms with E-state index in [1.807, 2.05) is 49.4 Å². The van der Waals surface area contributed by atoms with Crippen molar-refractivity contribution in [1.82, 2.24) is 0 Å². The van der Waals surface area contributed by atoms with Gasteiger partial charge in [0.25, 0.3) is 5.91 Å². The Bertz CT molecular complexity index is 911. The molecule has 0 aliphatic heterocycles. The lowest BCUT2D eigenvalue weighted by Crippen LogP contribution is -2.12. The Morgan fingerprint density at radius 2 is 1.71 bits per heavy atom. The topological polar surface area (TPSA) is 47.6 Å². The molecule has 0 radical (unpaired) electrons. The number of ether oxygens (including phenoxy) is 2. The van der Waals surface area contributed by atoms with E-state index in [0.717, 1.165) is 22.4 Å². The molecule has 0 atom stereocenters. The highest BCUT2D eigenvalue weighted by molar-refractivity contribution is 9.10. The lowest BCUT2D eigenvalue weighted by atomic mass is 10.2. The van der Waals surface area contributed by atoms with Crippen LogP contribution in [0.25, 0.3) is 0 Å². The van der Waals surface area contributed by atoms with E-state index in [-0.39, 0.29) is 5.91 Å². The Morgan fingerprint density at radius 1 is 0.964 bits per heavy atom. The molecule has 3 aromatic rings. The molecule has 5 heteroatoms. The van der Waals surface area contributed by atoms with Crippen LogP contribution in [0.4, 0.5) is 5.69 Å². The van der Waals surface area contributed by atoms with Crippen molar-refractivity contribution in [3.8, 4) is 11.5 Å². The molecular weight excluding hydrogens is 418 g/mol. The maximum atomic E-state index is 12.4. The molecule has 1 N–H and O–H groups in total. The van der Waals surface area contributed by atoms with Crippen molar-refractivity contribution in [2.24, 2.45) is 0 Å². The van der Waals surface area contributed by atoms with Gasteiger partial charge in [0.15, 0.2) is 0 Å². The van der Waals surface area contributed by atoms with Gasteiger partial charge in [0.2, 0.25) is 0 Å². The zero-order valence-corrected chi connectivity index (χ0v) is 17.2. The highest BCUT2D eigenvalue weighted by Gasteiger charge is 2.09. The number of halogens is 1. The first-order valence-electron chi connectivity index (χ1n) is 9.16. The smallest absolute Gasteiger partial charge is 0.255 e. The zero-order valence-electron chi connectivity index (χ0n) is 15.7. The zero-order chi connectivity index (χ0) is 19.8. The maximum Gasteiger partial charge on any atom is 0.255 e. The van der Waals surface area contributed by atoms with E-state index in [9.17, 15) is 4.79 Å². The number of amides is 1. The van der Waals surface area contributed by atoms with Crippen molar-refractivity contribution in [1.29, 1.82) is 0 Å². The predicted octanol–water partition coefficient (Wildman–Crippen LogP) is 5.72. The summed E-state index contributed by atoms with van der Waals surface area (Å²) in [6.07, 6.45) is 0.853. The molecule has 0 saturated carbocycles. The summed E-state index contributed by atoms with van der Waals surface area (Å²) in [7, 11) is 0. The van der Waals surface area contributed by atoms with Crippen molar-refractivity contribution in [3.63, 3.8) is 0 Å². The van der Waals surface area contributed by atoms with Crippen LogP contribution >= 0.6 is 15.9 Å². The minimum absolute atomic E-state index is 0.179. The second kappa shape index (κ2) is 9.95. The van der Waals surface area contributed by atoms with Crippen molar-refractivity contribution >= 4 is 27.5 Å². The van der Waals surface area contributed by atoms with E-state index in [0.29, 0.717) is 24.5 Å². The SMILES string of the molecule is CCOc1ccc(C(=O)Nc2ccc(OCCc3ccccc3)cc2)cc1Br. The van der Waals surface area contributed by atoms with Crippen molar-refractivity contribution in [3.05, 3.63) is 88.4 Å². The van der Waals surface area contributed by atoms with Gasteiger partial charge in [-0.05, 0) is 70.9 Å². The van der Waals surface area contributed by atoms with Crippen LogP contribution in [0.1, 0.15) is 22.8 Å². The van der Waals surface area contributed by atoms with Gasteiger partial charge in [-0.25, -0.2) is 0 Å². The minimum atomic E-state index is -0.179. The Labute approximate surface area is 173 Å². The molecule has 3 aromatic carbocycles. The van der Waals surface area contributed by atoms with Crippen molar-refractivity contribution in [2.45, 2.75) is 13.3 Å². The van der Waals surface area contributed by atoms with Gasteiger partial charge in [0, 0.05) is 17.7 Å². The molecular formula is C23H22BrNO3. The summed E-state index contributed by atoms with van der Waals surface area (Å²) in [4.78, 5) is 12.4. The van der Waals surface area contributed by atoms with E-state index in [2.05, 4.69) is 33.4 Å². The molecule has 4 nitrogen and oxygen atoms in total. The molecule has 0 heterocycles. The van der Waals surface area contributed by atoms with Crippen LogP contribution in [0.5, 0.6) is 11.5 Å². The average molecular weight is 440 g/mol. The molecule has 0 unspecified atom stereocenters. The van der Waals surface area contributed by atoms with Gasteiger partial charge in [0.1, 0.15) is 11.5 Å². The third-order valence-corrected chi connectivity index (χ3v) is 4.73. The average Bonchev–Trinajstić information content (AvgIpc) is 2.72. The monoisotopic (exact) mass is 439 g/mol. The minimum Gasteiger partial charge on any atom is -0.493 e. The number of hydrogen-bond acceptors (Lipinski definition) is 3. The molecule has 3 rings (SSSR count). The highest BCUT2D eigenvalue weighted by atomic mass is 79.9. The van der Waals surface area contributed by atoms with Gasteiger partial charge in [-0.3, -0.25) is 4.79 Å².